The number of Topliss-reactive ketones (excluding diaryl/α,β-unsaturated/α-hetero) is 1. The molecule has 1 aliphatic rings. The summed E-state index contributed by atoms with van der Waals surface area (Å²) in [6, 6.07) is 8.15. The Morgan fingerprint density at radius 2 is 1.92 bits per heavy atom. The summed E-state index contributed by atoms with van der Waals surface area (Å²) in [5.74, 6) is 0.807. The van der Waals surface area contributed by atoms with Crippen molar-refractivity contribution in [2.75, 3.05) is 18.0 Å². The molecule has 3 rings (SSSR count). The smallest absolute Gasteiger partial charge is 0.277 e. The van der Waals surface area contributed by atoms with Gasteiger partial charge in [0.2, 0.25) is 5.89 Å². The van der Waals surface area contributed by atoms with E-state index in [1.54, 1.807) is 0 Å². The van der Waals surface area contributed by atoms with Crippen molar-refractivity contribution < 1.29 is 9.21 Å². The second kappa shape index (κ2) is 7.83. The molecule has 0 bridgehead atoms. The molecule has 1 atom stereocenters. The van der Waals surface area contributed by atoms with Crippen LogP contribution in [0.25, 0.3) is 11.5 Å². The van der Waals surface area contributed by atoms with E-state index in [0.717, 1.165) is 37.9 Å². The summed E-state index contributed by atoms with van der Waals surface area (Å²) in [7, 11) is 0. The van der Waals surface area contributed by atoms with Crippen LogP contribution in [-0.4, -0.2) is 34.3 Å². The van der Waals surface area contributed by atoms with E-state index in [2.05, 4.69) is 41.1 Å². The van der Waals surface area contributed by atoms with Crippen molar-refractivity contribution in [1.29, 1.82) is 0 Å². The number of thioether (sulfide) groups is 1. The van der Waals surface area contributed by atoms with E-state index in [1.807, 2.05) is 12.1 Å². The predicted molar refractivity (Wildman–Crippen MR) is 96.4 cm³/mol. The Morgan fingerprint density at radius 1 is 1.17 bits per heavy atom. The molecule has 1 heterocycles. The van der Waals surface area contributed by atoms with Gasteiger partial charge in [-0.05, 0) is 51.0 Å². The van der Waals surface area contributed by atoms with Crippen LogP contribution in [0.1, 0.15) is 39.5 Å². The average molecular weight is 345 g/mol. The molecule has 0 spiro atoms. The average Bonchev–Trinajstić information content (AvgIpc) is 3.07. The quantitative estimate of drug-likeness (QED) is 0.782. The van der Waals surface area contributed by atoms with Crippen molar-refractivity contribution >= 4 is 23.2 Å². The lowest BCUT2D eigenvalue weighted by atomic mass is 9.99. The SMILES string of the molecule is CCN(CC)c1ccc(-c2nnc(S[C@@H]3CCCCC3=O)o2)cc1. The molecule has 5 nitrogen and oxygen atoms in total. The molecule has 128 valence electrons. The topological polar surface area (TPSA) is 59.2 Å². The van der Waals surface area contributed by atoms with Crippen molar-refractivity contribution in [2.45, 2.75) is 50.0 Å². The van der Waals surface area contributed by atoms with Gasteiger partial charge in [-0.2, -0.15) is 0 Å². The molecular weight excluding hydrogens is 322 g/mol. The molecule has 1 aromatic heterocycles. The largest absolute Gasteiger partial charge is 0.411 e. The van der Waals surface area contributed by atoms with Crippen LogP contribution in [0.3, 0.4) is 0 Å². The molecule has 2 aromatic rings. The Bertz CT molecular complexity index is 680. The van der Waals surface area contributed by atoms with Gasteiger partial charge in [0.1, 0.15) is 5.78 Å². The Morgan fingerprint density at radius 3 is 2.58 bits per heavy atom. The maximum Gasteiger partial charge on any atom is 0.277 e. The van der Waals surface area contributed by atoms with E-state index < -0.39 is 0 Å². The van der Waals surface area contributed by atoms with Gasteiger partial charge >= 0.3 is 0 Å². The van der Waals surface area contributed by atoms with Crippen LogP contribution in [0.4, 0.5) is 5.69 Å². The highest BCUT2D eigenvalue weighted by Crippen LogP contribution is 2.32. The zero-order valence-corrected chi connectivity index (χ0v) is 15.0. The molecule has 6 heteroatoms. The van der Waals surface area contributed by atoms with Crippen LogP contribution in [0.15, 0.2) is 33.9 Å². The van der Waals surface area contributed by atoms with Crippen molar-refractivity contribution in [1.82, 2.24) is 10.2 Å². The van der Waals surface area contributed by atoms with Crippen molar-refractivity contribution in [3.05, 3.63) is 24.3 Å². The van der Waals surface area contributed by atoms with Crippen LogP contribution in [0.5, 0.6) is 0 Å². The van der Waals surface area contributed by atoms with Gasteiger partial charge in [-0.3, -0.25) is 4.79 Å². The first-order chi connectivity index (χ1) is 11.7. The lowest BCUT2D eigenvalue weighted by Gasteiger charge is -2.20. The Labute approximate surface area is 146 Å². The van der Waals surface area contributed by atoms with Gasteiger partial charge in [0.25, 0.3) is 5.22 Å². The van der Waals surface area contributed by atoms with Gasteiger partial charge < -0.3 is 9.32 Å². The minimum atomic E-state index is -0.0305. The third kappa shape index (κ3) is 3.80. The highest BCUT2D eigenvalue weighted by molar-refractivity contribution is 8.00. The standard InChI is InChI=1S/C18H23N3O2S/c1-3-21(4-2)14-11-9-13(10-12-14)17-19-20-18(23-17)24-16-8-6-5-7-15(16)22/h9-12,16H,3-8H2,1-2H3/t16-/m1/s1. The minimum absolute atomic E-state index is 0.0305. The Balaban J connectivity index is 1.69. The number of benzene rings is 1. The lowest BCUT2D eigenvalue weighted by Crippen LogP contribution is -2.21. The lowest BCUT2D eigenvalue weighted by molar-refractivity contribution is -0.119. The summed E-state index contributed by atoms with van der Waals surface area (Å²) in [5.41, 5.74) is 2.09. The summed E-state index contributed by atoms with van der Waals surface area (Å²) in [4.78, 5) is 14.2. The van der Waals surface area contributed by atoms with Crippen LogP contribution < -0.4 is 4.90 Å². The van der Waals surface area contributed by atoms with E-state index in [0.29, 0.717) is 23.3 Å². The predicted octanol–water partition coefficient (Wildman–Crippen LogP) is 4.19. The van der Waals surface area contributed by atoms with Crippen molar-refractivity contribution in [3.63, 3.8) is 0 Å². The van der Waals surface area contributed by atoms with Crippen molar-refractivity contribution in [3.8, 4) is 11.5 Å². The second-order valence-corrected chi connectivity index (χ2v) is 7.06. The van der Waals surface area contributed by atoms with Gasteiger partial charge in [0.05, 0.1) is 5.25 Å². The number of hydrogen-bond acceptors (Lipinski definition) is 6. The van der Waals surface area contributed by atoms with Gasteiger partial charge in [0.15, 0.2) is 0 Å². The summed E-state index contributed by atoms with van der Waals surface area (Å²) >= 11 is 1.41. The summed E-state index contributed by atoms with van der Waals surface area (Å²) < 4.78 is 5.75. The van der Waals surface area contributed by atoms with Crippen LogP contribution >= 0.6 is 11.8 Å². The van der Waals surface area contributed by atoms with Gasteiger partial charge in [0, 0.05) is 30.8 Å². The highest BCUT2D eigenvalue weighted by atomic mass is 32.2. The van der Waals surface area contributed by atoms with E-state index in [9.17, 15) is 4.79 Å². The molecule has 1 saturated carbocycles. The molecule has 1 aliphatic carbocycles. The fourth-order valence-corrected chi connectivity index (χ4v) is 3.97. The number of aromatic nitrogens is 2. The van der Waals surface area contributed by atoms with Crippen molar-refractivity contribution in [2.24, 2.45) is 0 Å². The summed E-state index contributed by atoms with van der Waals surface area (Å²) in [6.45, 7) is 6.25. The molecule has 1 aromatic carbocycles. The number of rotatable bonds is 6. The number of anilines is 1. The number of hydrogen-bond donors (Lipinski definition) is 0. The zero-order valence-electron chi connectivity index (χ0n) is 14.2. The number of nitrogens with zero attached hydrogens (tertiary/aromatic N) is 3. The molecule has 0 N–H and O–H groups in total. The molecule has 0 unspecified atom stereocenters. The molecule has 0 radical (unpaired) electrons. The van der Waals surface area contributed by atoms with Gasteiger partial charge in [-0.15, -0.1) is 10.2 Å². The first-order valence-electron chi connectivity index (χ1n) is 8.59. The maximum atomic E-state index is 11.9. The first-order valence-corrected chi connectivity index (χ1v) is 9.47. The van der Waals surface area contributed by atoms with E-state index in [4.69, 9.17) is 4.42 Å². The minimum Gasteiger partial charge on any atom is -0.411 e. The monoisotopic (exact) mass is 345 g/mol. The van der Waals surface area contributed by atoms with E-state index in [-0.39, 0.29) is 5.25 Å². The second-order valence-electron chi connectivity index (χ2n) is 5.91. The fourth-order valence-electron chi connectivity index (χ4n) is 2.97. The zero-order chi connectivity index (χ0) is 16.9. The molecule has 1 fully saturated rings. The normalized spacial score (nSPS) is 17.9. The molecule has 0 amide bonds. The number of ketones is 1. The van der Waals surface area contributed by atoms with Crippen LogP contribution in [0.2, 0.25) is 0 Å². The molecular formula is C18H23N3O2S. The van der Waals surface area contributed by atoms with Gasteiger partial charge in [-0.25, -0.2) is 0 Å². The Kier molecular flexibility index (Phi) is 5.56. The highest BCUT2D eigenvalue weighted by Gasteiger charge is 2.25. The summed E-state index contributed by atoms with van der Waals surface area (Å²) in [6.07, 6.45) is 3.67. The number of carbonyl (C=O) groups is 1. The first kappa shape index (κ1) is 17.0. The Hall–Kier alpha value is -1.82. The number of carbonyl (C=O) groups excluding carboxylic acids is 1. The van der Waals surface area contributed by atoms with E-state index in [1.165, 1.54) is 17.4 Å². The molecule has 0 aliphatic heterocycles. The van der Waals surface area contributed by atoms with Gasteiger partial charge in [-0.1, -0.05) is 18.2 Å². The maximum absolute atomic E-state index is 11.9. The summed E-state index contributed by atoms with van der Waals surface area (Å²) in [5, 5.41) is 8.68. The van der Waals surface area contributed by atoms with Crippen LogP contribution in [-0.2, 0) is 4.79 Å². The van der Waals surface area contributed by atoms with E-state index >= 15 is 0 Å². The third-order valence-electron chi connectivity index (χ3n) is 4.39. The molecule has 0 saturated heterocycles. The molecule has 24 heavy (non-hydrogen) atoms. The third-order valence-corrected chi connectivity index (χ3v) is 5.54. The van der Waals surface area contributed by atoms with Crippen LogP contribution in [0, 0.1) is 0 Å². The fraction of sp³-hybridized carbons (Fsp3) is 0.500.